The average Bonchev–Trinajstić information content (AvgIpc) is 3.06. The summed E-state index contributed by atoms with van der Waals surface area (Å²) >= 11 is 0. The molecule has 0 aromatic heterocycles. The fraction of sp³-hybridized carbons (Fsp3) is 0.579. The molecule has 0 spiro atoms. The van der Waals surface area contributed by atoms with Crippen LogP contribution >= 0.6 is 0 Å². The number of hydrogen-bond donors (Lipinski definition) is 3. The molecule has 1 saturated carbocycles. The van der Waals surface area contributed by atoms with Crippen LogP contribution in [0.15, 0.2) is 24.3 Å². The van der Waals surface area contributed by atoms with E-state index in [9.17, 15) is 9.59 Å². The van der Waals surface area contributed by atoms with Crippen LogP contribution in [0.5, 0.6) is 0 Å². The van der Waals surface area contributed by atoms with Gasteiger partial charge in [-0.15, -0.1) is 0 Å². The van der Waals surface area contributed by atoms with Crippen molar-refractivity contribution in [2.75, 3.05) is 26.0 Å². The summed E-state index contributed by atoms with van der Waals surface area (Å²) in [5.41, 5.74) is 1.30. The van der Waals surface area contributed by atoms with E-state index in [1.165, 1.54) is 12.8 Å². The first kappa shape index (κ1) is 19.2. The number of carbonyl (C=O) groups is 2. The number of hydrogen-bond acceptors (Lipinski definition) is 3. The van der Waals surface area contributed by atoms with Crippen LogP contribution in [-0.4, -0.2) is 49.6 Å². The van der Waals surface area contributed by atoms with Gasteiger partial charge in [0.05, 0.1) is 0 Å². The molecule has 0 aliphatic heterocycles. The molecule has 6 nitrogen and oxygen atoms in total. The molecule has 3 N–H and O–H groups in total. The lowest BCUT2D eigenvalue weighted by molar-refractivity contribution is 0.0938. The third-order valence-electron chi connectivity index (χ3n) is 4.48. The number of anilines is 1. The van der Waals surface area contributed by atoms with E-state index in [0.29, 0.717) is 17.3 Å². The zero-order valence-corrected chi connectivity index (χ0v) is 15.5. The number of nitrogens with zero attached hydrogens (tertiary/aromatic N) is 1. The first-order chi connectivity index (χ1) is 11.9. The van der Waals surface area contributed by atoms with Crippen LogP contribution in [0.2, 0.25) is 0 Å². The fourth-order valence-electron chi connectivity index (χ4n) is 2.96. The van der Waals surface area contributed by atoms with Gasteiger partial charge in [0.25, 0.3) is 5.91 Å². The summed E-state index contributed by atoms with van der Waals surface area (Å²) in [5, 5.41) is 8.78. The van der Waals surface area contributed by atoms with Crippen molar-refractivity contribution < 1.29 is 9.59 Å². The number of benzene rings is 1. The van der Waals surface area contributed by atoms with Crippen LogP contribution in [0.3, 0.4) is 0 Å². The quantitative estimate of drug-likeness (QED) is 0.711. The summed E-state index contributed by atoms with van der Waals surface area (Å²) in [6, 6.07) is 7.18. The molecule has 6 heteroatoms. The Hall–Kier alpha value is -2.08. The third-order valence-corrected chi connectivity index (χ3v) is 4.48. The first-order valence-corrected chi connectivity index (χ1v) is 9.07. The van der Waals surface area contributed by atoms with Crippen molar-refractivity contribution >= 4 is 17.6 Å². The Morgan fingerprint density at radius 1 is 1.16 bits per heavy atom. The van der Waals surface area contributed by atoms with Gasteiger partial charge in [-0.2, -0.15) is 0 Å². The zero-order chi connectivity index (χ0) is 18.2. The molecule has 3 amide bonds. The van der Waals surface area contributed by atoms with E-state index in [0.717, 1.165) is 25.8 Å². The topological polar surface area (TPSA) is 73.5 Å². The van der Waals surface area contributed by atoms with Gasteiger partial charge < -0.3 is 20.9 Å². The molecule has 1 aromatic rings. The lowest BCUT2D eigenvalue weighted by Gasteiger charge is -2.17. The predicted octanol–water partition coefficient (Wildman–Crippen LogP) is 2.82. The van der Waals surface area contributed by atoms with Gasteiger partial charge in [0, 0.05) is 23.3 Å². The molecule has 138 valence electrons. The Morgan fingerprint density at radius 2 is 1.80 bits per heavy atom. The third kappa shape index (κ3) is 6.74. The van der Waals surface area contributed by atoms with Gasteiger partial charge in [-0.3, -0.25) is 4.79 Å². The minimum absolute atomic E-state index is 0.0415. The van der Waals surface area contributed by atoms with Crippen LogP contribution in [0.25, 0.3) is 0 Å². The molecule has 0 heterocycles. The summed E-state index contributed by atoms with van der Waals surface area (Å²) < 4.78 is 0. The molecule has 1 aromatic carbocycles. The largest absolute Gasteiger partial charge is 0.349 e. The van der Waals surface area contributed by atoms with Crippen molar-refractivity contribution in [3.05, 3.63) is 29.8 Å². The number of rotatable bonds is 7. The van der Waals surface area contributed by atoms with Crippen molar-refractivity contribution in [2.45, 2.75) is 51.1 Å². The van der Waals surface area contributed by atoms with Gasteiger partial charge >= 0.3 is 6.03 Å². The second kappa shape index (κ2) is 9.42. The first-order valence-electron chi connectivity index (χ1n) is 9.07. The molecule has 0 unspecified atom stereocenters. The van der Waals surface area contributed by atoms with E-state index in [1.54, 1.807) is 24.3 Å². The number of nitrogens with one attached hydrogen (secondary N) is 3. The van der Waals surface area contributed by atoms with E-state index in [2.05, 4.69) is 20.9 Å². The molecule has 0 bridgehead atoms. The molecule has 0 radical (unpaired) electrons. The normalized spacial score (nSPS) is 15.8. The van der Waals surface area contributed by atoms with Crippen LogP contribution < -0.4 is 16.0 Å². The molecule has 2 rings (SSSR count). The van der Waals surface area contributed by atoms with Gasteiger partial charge in [0.15, 0.2) is 0 Å². The lowest BCUT2D eigenvalue weighted by Crippen LogP contribution is -2.37. The number of amides is 3. The number of urea groups is 1. The second-order valence-electron chi connectivity index (χ2n) is 7.12. The highest BCUT2D eigenvalue weighted by Crippen LogP contribution is 2.18. The lowest BCUT2D eigenvalue weighted by atomic mass is 10.1. The Bertz CT molecular complexity index is 565. The number of carbonyl (C=O) groups excluding carboxylic acids is 2. The monoisotopic (exact) mass is 346 g/mol. The second-order valence-corrected chi connectivity index (χ2v) is 7.12. The average molecular weight is 346 g/mol. The molecule has 25 heavy (non-hydrogen) atoms. The Morgan fingerprint density at radius 3 is 2.40 bits per heavy atom. The van der Waals surface area contributed by atoms with Crippen molar-refractivity contribution in [1.82, 2.24) is 15.5 Å². The van der Waals surface area contributed by atoms with Crippen LogP contribution in [0.4, 0.5) is 10.5 Å². The maximum atomic E-state index is 12.2. The molecule has 1 atom stereocenters. The molecule has 1 aliphatic carbocycles. The molecular formula is C19H30N4O2. The van der Waals surface area contributed by atoms with Gasteiger partial charge in [-0.05, 0) is 71.1 Å². The summed E-state index contributed by atoms with van der Waals surface area (Å²) in [5.74, 6) is -0.0415. The highest BCUT2D eigenvalue weighted by atomic mass is 16.2. The molecular weight excluding hydrogens is 316 g/mol. The van der Waals surface area contributed by atoms with Crippen LogP contribution in [0, 0.1) is 0 Å². The minimum Gasteiger partial charge on any atom is -0.349 e. The zero-order valence-electron chi connectivity index (χ0n) is 15.5. The molecule has 1 aliphatic rings. The SMILES string of the molecule is C[C@H](CCN(C)C)NC(=O)Nc1ccc(C(=O)NC2CCCC2)cc1. The highest BCUT2D eigenvalue weighted by molar-refractivity contribution is 5.95. The van der Waals surface area contributed by atoms with Crippen LogP contribution in [-0.2, 0) is 0 Å². The summed E-state index contributed by atoms with van der Waals surface area (Å²) in [4.78, 5) is 26.3. The van der Waals surface area contributed by atoms with E-state index in [1.807, 2.05) is 21.0 Å². The van der Waals surface area contributed by atoms with Crippen molar-refractivity contribution in [3.8, 4) is 0 Å². The standard InChI is InChI=1S/C19H30N4O2/c1-14(12-13-23(2)3)20-19(25)22-17-10-8-15(9-11-17)18(24)21-16-6-4-5-7-16/h8-11,14,16H,4-7,12-13H2,1-3H3,(H,21,24)(H2,20,22,25)/t14-/m1/s1. The Balaban J connectivity index is 1.78. The Labute approximate surface area is 150 Å². The van der Waals surface area contributed by atoms with Crippen molar-refractivity contribution in [1.29, 1.82) is 0 Å². The van der Waals surface area contributed by atoms with E-state index >= 15 is 0 Å². The minimum atomic E-state index is -0.227. The van der Waals surface area contributed by atoms with Crippen LogP contribution in [0.1, 0.15) is 49.4 Å². The predicted molar refractivity (Wildman–Crippen MR) is 101 cm³/mol. The van der Waals surface area contributed by atoms with E-state index in [-0.39, 0.29) is 18.0 Å². The molecule has 0 saturated heterocycles. The maximum absolute atomic E-state index is 12.2. The van der Waals surface area contributed by atoms with Gasteiger partial charge in [-0.1, -0.05) is 12.8 Å². The maximum Gasteiger partial charge on any atom is 0.319 e. The summed E-state index contributed by atoms with van der Waals surface area (Å²) in [6.45, 7) is 2.91. The summed E-state index contributed by atoms with van der Waals surface area (Å²) in [6.07, 6.45) is 5.40. The highest BCUT2D eigenvalue weighted by Gasteiger charge is 2.17. The van der Waals surface area contributed by atoms with Gasteiger partial charge in [-0.25, -0.2) is 4.79 Å². The van der Waals surface area contributed by atoms with Gasteiger partial charge in [0.2, 0.25) is 0 Å². The smallest absolute Gasteiger partial charge is 0.319 e. The molecule has 1 fully saturated rings. The van der Waals surface area contributed by atoms with Gasteiger partial charge in [0.1, 0.15) is 0 Å². The fourth-order valence-corrected chi connectivity index (χ4v) is 2.96. The van der Waals surface area contributed by atoms with Crippen molar-refractivity contribution in [3.63, 3.8) is 0 Å². The van der Waals surface area contributed by atoms with E-state index in [4.69, 9.17) is 0 Å². The Kier molecular flexibility index (Phi) is 7.25. The van der Waals surface area contributed by atoms with E-state index < -0.39 is 0 Å². The van der Waals surface area contributed by atoms with Crippen molar-refractivity contribution in [2.24, 2.45) is 0 Å². The summed E-state index contributed by atoms with van der Waals surface area (Å²) in [7, 11) is 4.02.